The van der Waals surface area contributed by atoms with Crippen LogP contribution in [-0.4, -0.2) is 41.0 Å². The molecule has 0 spiro atoms. The van der Waals surface area contributed by atoms with Crippen LogP contribution < -0.4 is 5.32 Å². The molecular weight excluding hydrogens is 492 g/mol. The molecule has 1 aliphatic rings. The fourth-order valence-corrected chi connectivity index (χ4v) is 5.44. The van der Waals surface area contributed by atoms with Crippen LogP contribution >= 0.6 is 12.4 Å². The van der Waals surface area contributed by atoms with Crippen LogP contribution in [-0.2, 0) is 17.6 Å². The van der Waals surface area contributed by atoms with Crippen LogP contribution in [0.25, 0.3) is 11.3 Å². The summed E-state index contributed by atoms with van der Waals surface area (Å²) < 4.78 is 6.18. The van der Waals surface area contributed by atoms with Crippen molar-refractivity contribution >= 4 is 12.4 Å². The Morgan fingerprint density at radius 3 is 2.45 bits per heavy atom. The van der Waals surface area contributed by atoms with Crippen LogP contribution in [0.15, 0.2) is 54.9 Å². The Morgan fingerprint density at radius 1 is 0.895 bits per heavy atom. The molecule has 38 heavy (non-hydrogen) atoms. The molecule has 0 radical (unpaired) electrons. The maximum atomic E-state index is 6.18. The fraction of sp³-hybridized carbons (Fsp3) is 0.531. The minimum Gasteiger partial charge on any atom is -0.380 e. The van der Waals surface area contributed by atoms with Gasteiger partial charge < -0.3 is 10.1 Å². The summed E-state index contributed by atoms with van der Waals surface area (Å²) in [6.45, 7) is 6.85. The van der Waals surface area contributed by atoms with E-state index in [4.69, 9.17) is 4.74 Å². The first kappa shape index (κ1) is 30.2. The lowest BCUT2D eigenvalue weighted by Crippen LogP contribution is -2.31. The van der Waals surface area contributed by atoms with Crippen LogP contribution in [0.3, 0.4) is 0 Å². The third kappa shape index (κ3) is 9.14. The molecule has 1 saturated heterocycles. The van der Waals surface area contributed by atoms with Crippen molar-refractivity contribution in [1.82, 2.24) is 20.5 Å². The monoisotopic (exact) mass is 536 g/mol. The van der Waals surface area contributed by atoms with Crippen LogP contribution in [0.4, 0.5) is 0 Å². The maximum absolute atomic E-state index is 6.18. The van der Waals surface area contributed by atoms with Crippen LogP contribution in [0, 0.1) is 6.92 Å². The number of halogens is 1. The van der Waals surface area contributed by atoms with Crippen molar-refractivity contribution in [3.63, 3.8) is 0 Å². The summed E-state index contributed by atoms with van der Waals surface area (Å²) in [6.07, 6.45) is 16.0. The molecule has 5 nitrogen and oxygen atoms in total. The predicted octanol–water partition coefficient (Wildman–Crippen LogP) is 7.27. The lowest BCUT2D eigenvalue weighted by Gasteiger charge is -2.20. The molecule has 2 aromatic heterocycles. The van der Waals surface area contributed by atoms with E-state index in [1.54, 1.807) is 12.4 Å². The Morgan fingerprint density at radius 2 is 1.66 bits per heavy atom. The van der Waals surface area contributed by atoms with E-state index >= 15 is 0 Å². The molecule has 0 aliphatic carbocycles. The van der Waals surface area contributed by atoms with E-state index < -0.39 is 0 Å². The zero-order valence-electron chi connectivity index (χ0n) is 23.2. The zero-order valence-corrected chi connectivity index (χ0v) is 24.0. The Labute approximate surface area is 235 Å². The number of hydrogen-bond donors (Lipinski definition) is 1. The smallest absolute Gasteiger partial charge is 0.0962 e. The molecule has 3 heterocycles. The van der Waals surface area contributed by atoms with Crippen molar-refractivity contribution in [2.45, 2.75) is 90.0 Å². The van der Waals surface area contributed by atoms with Crippen molar-refractivity contribution in [3.8, 4) is 11.3 Å². The molecule has 0 bridgehead atoms. The zero-order chi connectivity index (χ0) is 25.7. The molecule has 1 N–H and O–H groups in total. The van der Waals surface area contributed by atoms with Gasteiger partial charge in [-0.3, -0.25) is 4.98 Å². The number of aryl methyl sites for hydroxylation is 3. The molecule has 0 amide bonds. The van der Waals surface area contributed by atoms with Crippen molar-refractivity contribution in [2.75, 3.05) is 19.8 Å². The fourth-order valence-electron chi connectivity index (χ4n) is 5.44. The lowest BCUT2D eigenvalue weighted by molar-refractivity contribution is 0.110. The average molecular weight is 537 g/mol. The van der Waals surface area contributed by atoms with Gasteiger partial charge in [-0.25, -0.2) is 0 Å². The summed E-state index contributed by atoms with van der Waals surface area (Å²) in [7, 11) is 0. The predicted molar refractivity (Wildman–Crippen MR) is 159 cm³/mol. The van der Waals surface area contributed by atoms with Gasteiger partial charge in [0.25, 0.3) is 0 Å². The lowest BCUT2D eigenvalue weighted by atomic mass is 9.91. The number of nitrogens with one attached hydrogen (secondary N) is 1. The van der Waals surface area contributed by atoms with Gasteiger partial charge in [0.15, 0.2) is 0 Å². The number of nitrogens with zero attached hydrogens (tertiary/aromatic N) is 3. The van der Waals surface area contributed by atoms with Gasteiger partial charge in [-0.15, -0.1) is 17.5 Å². The molecule has 2 atom stereocenters. The van der Waals surface area contributed by atoms with Crippen LogP contribution in [0.2, 0.25) is 0 Å². The van der Waals surface area contributed by atoms with Crippen molar-refractivity contribution in [3.05, 3.63) is 77.2 Å². The minimum absolute atomic E-state index is 0. The summed E-state index contributed by atoms with van der Waals surface area (Å²) >= 11 is 0. The van der Waals surface area contributed by atoms with Gasteiger partial charge in [-0.2, -0.15) is 5.10 Å². The van der Waals surface area contributed by atoms with Gasteiger partial charge in [-0.1, -0.05) is 63.3 Å². The third-order valence-corrected chi connectivity index (χ3v) is 7.56. The second-order valence-corrected chi connectivity index (χ2v) is 10.5. The van der Waals surface area contributed by atoms with E-state index in [1.807, 2.05) is 19.1 Å². The summed E-state index contributed by atoms with van der Waals surface area (Å²) in [6, 6.07) is 15.9. The summed E-state index contributed by atoms with van der Waals surface area (Å²) in [4.78, 5) is 4.12. The second kappa shape index (κ2) is 16.6. The van der Waals surface area contributed by atoms with Gasteiger partial charge in [0, 0.05) is 36.5 Å². The Balaban J connectivity index is 0.00000400. The van der Waals surface area contributed by atoms with E-state index in [9.17, 15) is 0 Å². The molecule has 1 fully saturated rings. The molecule has 6 heteroatoms. The van der Waals surface area contributed by atoms with E-state index in [0.717, 1.165) is 49.6 Å². The highest BCUT2D eigenvalue weighted by Gasteiger charge is 2.28. The van der Waals surface area contributed by atoms with E-state index in [-0.39, 0.29) is 12.4 Å². The first-order valence-electron chi connectivity index (χ1n) is 14.4. The molecule has 0 saturated carbocycles. The molecule has 206 valence electrons. The van der Waals surface area contributed by atoms with Gasteiger partial charge in [-0.05, 0) is 80.5 Å². The maximum Gasteiger partial charge on any atom is 0.0962 e. The molecule has 4 rings (SSSR count). The average Bonchev–Trinajstić information content (AvgIpc) is 3.40. The first-order valence-corrected chi connectivity index (χ1v) is 14.4. The first-order chi connectivity index (χ1) is 18.2. The molecule has 1 aromatic carbocycles. The van der Waals surface area contributed by atoms with Crippen molar-refractivity contribution in [2.24, 2.45) is 0 Å². The van der Waals surface area contributed by atoms with E-state index in [1.165, 1.54) is 68.1 Å². The number of hydrogen-bond acceptors (Lipinski definition) is 5. The summed E-state index contributed by atoms with van der Waals surface area (Å²) in [5.74, 6) is 0.536. The van der Waals surface area contributed by atoms with Crippen LogP contribution in [0.5, 0.6) is 0 Å². The highest BCUT2D eigenvalue weighted by molar-refractivity contribution is 5.85. The summed E-state index contributed by atoms with van der Waals surface area (Å²) in [5.41, 5.74) is 7.11. The van der Waals surface area contributed by atoms with Gasteiger partial charge in [0.1, 0.15) is 0 Å². The number of aromatic nitrogens is 3. The van der Waals surface area contributed by atoms with E-state index in [2.05, 4.69) is 57.8 Å². The molecule has 1 aliphatic heterocycles. The Hall–Kier alpha value is -2.34. The highest BCUT2D eigenvalue weighted by atomic mass is 35.5. The molecule has 0 unspecified atom stereocenters. The SMILES string of the molecule is CCCCCCCCc1ccc([C@H]2CCN[C@@H]2COCCCc2cc(C)nnc2-c2ccncc2)cc1.Cl. The number of benzene rings is 1. The van der Waals surface area contributed by atoms with Crippen LogP contribution in [0.1, 0.15) is 86.6 Å². The van der Waals surface area contributed by atoms with Gasteiger partial charge in [0.05, 0.1) is 18.0 Å². The topological polar surface area (TPSA) is 59.9 Å². The second-order valence-electron chi connectivity index (χ2n) is 10.5. The Bertz CT molecular complexity index is 1060. The number of unbranched alkanes of at least 4 members (excludes halogenated alkanes) is 5. The standard InChI is InChI=1S/C32H44N4O.ClH/c1-3-4-5-6-7-8-10-26-12-14-27(15-13-26)30-18-21-34-31(30)24-37-22-9-11-29-23-25(2)35-36-32(29)28-16-19-33-20-17-28;/h12-17,19-20,23,30-31,34H,3-11,18,21-22,24H2,1-2H3;1H/t30-,31-;/m1./s1. The minimum atomic E-state index is 0. The van der Waals surface area contributed by atoms with Gasteiger partial charge >= 0.3 is 0 Å². The quantitative estimate of drug-likeness (QED) is 0.207. The Kier molecular flexibility index (Phi) is 13.2. The largest absolute Gasteiger partial charge is 0.380 e. The molecule has 3 aromatic rings. The van der Waals surface area contributed by atoms with E-state index in [0.29, 0.717) is 12.0 Å². The number of ether oxygens (including phenoxy) is 1. The number of pyridine rings is 1. The number of rotatable bonds is 15. The van der Waals surface area contributed by atoms with Gasteiger partial charge in [0.2, 0.25) is 0 Å². The molecular formula is C32H45ClN4O. The van der Waals surface area contributed by atoms with Crippen molar-refractivity contribution < 1.29 is 4.74 Å². The normalized spacial score (nSPS) is 16.9. The third-order valence-electron chi connectivity index (χ3n) is 7.56. The summed E-state index contributed by atoms with van der Waals surface area (Å²) in [5, 5.41) is 12.4. The van der Waals surface area contributed by atoms with Crippen molar-refractivity contribution in [1.29, 1.82) is 0 Å². The highest BCUT2D eigenvalue weighted by Crippen LogP contribution is 2.29.